The zero-order valence-electron chi connectivity index (χ0n) is 15.6. The van der Waals surface area contributed by atoms with Crippen LogP contribution in [-0.4, -0.2) is 9.97 Å². The molecule has 4 nitrogen and oxygen atoms in total. The molecule has 32 heavy (non-hydrogen) atoms. The van der Waals surface area contributed by atoms with E-state index in [1.54, 1.807) is 12.1 Å². The van der Waals surface area contributed by atoms with Crippen molar-refractivity contribution >= 4 is 15.6 Å². The van der Waals surface area contributed by atoms with E-state index in [1.807, 2.05) is 49.1 Å². The van der Waals surface area contributed by atoms with Crippen molar-refractivity contribution in [1.29, 1.82) is 10.5 Å². The second kappa shape index (κ2) is 14.9. The van der Waals surface area contributed by atoms with Crippen molar-refractivity contribution < 1.29 is 91.2 Å². The van der Waals surface area contributed by atoms with Crippen molar-refractivity contribution in [3.8, 4) is 12.1 Å². The van der Waals surface area contributed by atoms with Crippen molar-refractivity contribution in [3.05, 3.63) is 49.1 Å². The fourth-order valence-electron chi connectivity index (χ4n) is 0.556. The summed E-state index contributed by atoms with van der Waals surface area (Å²) in [5.41, 5.74) is 0. The number of H-pyrrole nitrogens is 2. The zero-order valence-corrected chi connectivity index (χ0v) is 20.5. The molecule has 0 fully saturated rings. The number of hydrogen-bond donors (Lipinski definition) is 2. The van der Waals surface area contributed by atoms with Crippen LogP contribution >= 0.6 is 15.6 Å². The fraction of sp³-hybridized carbons (Fsp3) is 0.167. The van der Waals surface area contributed by atoms with Crippen molar-refractivity contribution in [2.75, 3.05) is 0 Å². The molecule has 2 heterocycles. The molecular weight excluding hydrogens is 703 g/mol. The van der Waals surface area contributed by atoms with Gasteiger partial charge in [-0.2, -0.15) is 10.5 Å². The summed E-state index contributed by atoms with van der Waals surface area (Å²) in [7, 11) is -21.3. The van der Waals surface area contributed by atoms with E-state index >= 15 is 0 Å². The standard InChI is InChI=1S/2C4H5N.2C2H3N.2F6P.2Pd/c2*1-2-4-5-3-1;2*1-2-3;2*1-7(2,3,4,5)6;;/h2*1-5H;2*1H3;;;;/q;;;;2*-1;;. The van der Waals surface area contributed by atoms with E-state index in [0.717, 1.165) is 0 Å². The molecule has 0 saturated carbocycles. The van der Waals surface area contributed by atoms with E-state index in [2.05, 4.69) is 9.97 Å². The zero-order chi connectivity index (χ0) is 25.3. The Balaban J connectivity index is -0.0000000642. The summed E-state index contributed by atoms with van der Waals surface area (Å²) >= 11 is 0. The molecule has 0 aliphatic rings. The van der Waals surface area contributed by atoms with Gasteiger partial charge >= 0.3 is 66.0 Å². The van der Waals surface area contributed by atoms with Gasteiger partial charge < -0.3 is 9.97 Å². The van der Waals surface area contributed by atoms with Crippen molar-refractivity contribution in [1.82, 2.24) is 9.97 Å². The summed E-state index contributed by atoms with van der Waals surface area (Å²) in [6, 6.07) is 11.3. The third kappa shape index (κ3) is 285. The van der Waals surface area contributed by atoms with E-state index < -0.39 is 15.6 Å². The second-order valence-corrected chi connectivity index (χ2v) is 7.97. The van der Waals surface area contributed by atoms with Gasteiger partial charge in [-0.05, 0) is 24.3 Å². The van der Waals surface area contributed by atoms with Crippen LogP contribution in [0.2, 0.25) is 0 Å². The predicted molar refractivity (Wildman–Crippen MR) is 91.3 cm³/mol. The Morgan fingerprint density at radius 1 is 0.500 bits per heavy atom. The monoisotopic (exact) mass is 718 g/mol. The topological polar surface area (TPSA) is 79.2 Å². The third-order valence-corrected chi connectivity index (χ3v) is 0.992. The Bertz CT molecular complexity index is 607. The summed E-state index contributed by atoms with van der Waals surface area (Å²) in [5.74, 6) is 0. The van der Waals surface area contributed by atoms with Crippen LogP contribution < -0.4 is 0 Å². The van der Waals surface area contributed by atoms with Crippen molar-refractivity contribution in [2.24, 2.45) is 0 Å². The molecule has 0 aliphatic carbocycles. The summed E-state index contributed by atoms with van der Waals surface area (Å²) in [6.07, 6.45) is 7.50. The van der Waals surface area contributed by atoms with E-state index in [-0.39, 0.29) is 40.8 Å². The molecule has 2 rings (SSSR count). The minimum atomic E-state index is -10.7. The maximum Gasteiger partial charge on any atom is 0.000496 e. The van der Waals surface area contributed by atoms with Crippen LogP contribution in [0.3, 0.4) is 0 Å². The summed E-state index contributed by atoms with van der Waals surface area (Å²) in [4.78, 5) is 5.72. The molecule has 0 aromatic carbocycles. The second-order valence-electron chi connectivity index (χ2n) is 4.13. The Morgan fingerprint density at radius 3 is 0.625 bits per heavy atom. The number of rotatable bonds is 0. The van der Waals surface area contributed by atoms with Crippen LogP contribution in [0, 0.1) is 22.7 Å². The molecule has 2 aromatic rings. The number of halogens is 12. The molecule has 0 saturated heterocycles. The molecule has 0 radical (unpaired) electrons. The molecule has 200 valence electrons. The summed E-state index contributed by atoms with van der Waals surface area (Å²) in [6.45, 7) is 2.86. The minimum absolute atomic E-state index is 0. The SMILES string of the molecule is CC#N.CC#N.F[P-](F)(F)(F)(F)F.F[P-](F)(F)(F)(F)F.[Pd].[Pd].c1cc[nH]c1.c1cc[nH]c1. The first-order valence-corrected chi connectivity index (χ1v) is 10.7. The molecule has 0 aliphatic heterocycles. The number of nitrogens with zero attached hydrogens (tertiary/aromatic N) is 2. The Morgan fingerprint density at radius 2 is 0.594 bits per heavy atom. The predicted octanol–water partition coefficient (Wildman–Crippen LogP) is 9.85. The van der Waals surface area contributed by atoms with Gasteiger partial charge in [-0.15, -0.1) is 0 Å². The molecule has 0 atom stereocenters. The fourth-order valence-corrected chi connectivity index (χ4v) is 0.556. The van der Waals surface area contributed by atoms with Crippen LogP contribution in [0.1, 0.15) is 13.8 Å². The Labute approximate surface area is 202 Å². The van der Waals surface area contributed by atoms with E-state index in [1.165, 1.54) is 13.8 Å². The van der Waals surface area contributed by atoms with E-state index in [4.69, 9.17) is 10.5 Å². The van der Waals surface area contributed by atoms with Crippen LogP contribution in [0.15, 0.2) is 49.1 Å². The van der Waals surface area contributed by atoms with Gasteiger partial charge in [0.1, 0.15) is 0 Å². The molecular formula is C12H16F12N4P2Pd2-2. The number of nitriles is 2. The third-order valence-electron chi connectivity index (χ3n) is 0.992. The van der Waals surface area contributed by atoms with Crippen molar-refractivity contribution in [2.45, 2.75) is 13.8 Å². The van der Waals surface area contributed by atoms with Crippen LogP contribution in [0.25, 0.3) is 0 Å². The maximum atomic E-state index is 9.87. The molecule has 20 heteroatoms. The minimum Gasteiger partial charge on any atom is -0.368 e. The molecule has 0 spiro atoms. The van der Waals surface area contributed by atoms with Crippen LogP contribution in [0.5, 0.6) is 0 Å². The van der Waals surface area contributed by atoms with Crippen LogP contribution in [-0.2, 0) is 40.8 Å². The number of nitrogens with one attached hydrogen (secondary N) is 2. The van der Waals surface area contributed by atoms with Gasteiger partial charge in [-0.1, -0.05) is 0 Å². The van der Waals surface area contributed by atoms with Gasteiger partial charge in [0.25, 0.3) is 0 Å². The molecule has 2 N–H and O–H groups in total. The first kappa shape index (κ1) is 44.5. The van der Waals surface area contributed by atoms with E-state index in [0.29, 0.717) is 0 Å². The molecule has 0 unspecified atom stereocenters. The first-order chi connectivity index (χ1) is 12.7. The van der Waals surface area contributed by atoms with Gasteiger partial charge in [0.15, 0.2) is 0 Å². The molecule has 0 amide bonds. The quantitative estimate of drug-likeness (QED) is 0.162. The number of aromatic nitrogens is 2. The maximum absolute atomic E-state index is 10.7. The van der Waals surface area contributed by atoms with Gasteiger partial charge in [0.2, 0.25) is 0 Å². The number of aromatic amines is 2. The van der Waals surface area contributed by atoms with Crippen molar-refractivity contribution in [3.63, 3.8) is 0 Å². The smallest absolute Gasteiger partial charge is 0.000496 e. The Kier molecular flexibility index (Phi) is 20.8. The van der Waals surface area contributed by atoms with Gasteiger partial charge in [-0.25, -0.2) is 0 Å². The number of hydrogen-bond acceptors (Lipinski definition) is 2. The average Bonchev–Trinajstić information content (AvgIpc) is 3.13. The average molecular weight is 719 g/mol. The Hall–Kier alpha value is -1.12. The van der Waals surface area contributed by atoms with Gasteiger partial charge in [0, 0.05) is 79.5 Å². The molecule has 0 bridgehead atoms. The van der Waals surface area contributed by atoms with E-state index in [9.17, 15) is 50.4 Å². The molecule has 2 aromatic heterocycles. The normalized spacial score (nSPS) is 13.1. The first-order valence-electron chi connectivity index (χ1n) is 6.63. The summed E-state index contributed by atoms with van der Waals surface area (Å²) < 4.78 is 118. The van der Waals surface area contributed by atoms with Gasteiger partial charge in [-0.3, -0.25) is 0 Å². The van der Waals surface area contributed by atoms with Crippen LogP contribution in [0.4, 0.5) is 50.4 Å². The largest absolute Gasteiger partial charge is 0.368 e. The summed E-state index contributed by atoms with van der Waals surface area (Å²) in [5, 5.41) is 14.6. The van der Waals surface area contributed by atoms with Gasteiger partial charge in [0.05, 0.1) is 12.1 Å².